The van der Waals surface area contributed by atoms with Crippen molar-refractivity contribution in [2.75, 3.05) is 7.05 Å². The van der Waals surface area contributed by atoms with Crippen LogP contribution >= 0.6 is 0 Å². The molecule has 1 aliphatic carbocycles. The summed E-state index contributed by atoms with van der Waals surface area (Å²) >= 11 is 0. The van der Waals surface area contributed by atoms with E-state index in [0.29, 0.717) is 17.9 Å². The van der Waals surface area contributed by atoms with Gasteiger partial charge in [0.05, 0.1) is 0 Å². The van der Waals surface area contributed by atoms with Crippen LogP contribution in [0.5, 0.6) is 5.75 Å². The van der Waals surface area contributed by atoms with E-state index in [2.05, 4.69) is 37.1 Å². The van der Waals surface area contributed by atoms with E-state index in [4.69, 9.17) is 4.74 Å². The zero-order valence-corrected chi connectivity index (χ0v) is 14.1. The smallest absolute Gasteiger partial charge is 0.127 e. The number of nitrogens with zero attached hydrogens (tertiary/aromatic N) is 1. The van der Waals surface area contributed by atoms with Crippen molar-refractivity contribution >= 4 is 0 Å². The summed E-state index contributed by atoms with van der Waals surface area (Å²) < 4.78 is 6.48. The van der Waals surface area contributed by atoms with Crippen LogP contribution in [0.3, 0.4) is 0 Å². The van der Waals surface area contributed by atoms with Gasteiger partial charge in [0.15, 0.2) is 0 Å². The lowest BCUT2D eigenvalue weighted by Crippen LogP contribution is -2.36. The Labute approximate surface area is 129 Å². The first-order chi connectivity index (χ1) is 10.0. The molecule has 3 unspecified atom stereocenters. The molecule has 1 N–H and O–H groups in total. The van der Waals surface area contributed by atoms with Gasteiger partial charge in [-0.15, -0.1) is 0 Å². The highest BCUT2D eigenvalue weighted by molar-refractivity contribution is 5.33. The van der Waals surface area contributed by atoms with Gasteiger partial charge in [0.1, 0.15) is 11.9 Å². The largest absolute Gasteiger partial charge is 0.490 e. The van der Waals surface area contributed by atoms with Crippen molar-refractivity contribution < 1.29 is 4.74 Å². The Kier molecular flexibility index (Phi) is 5.63. The van der Waals surface area contributed by atoms with E-state index < -0.39 is 0 Å². The Hall–Kier alpha value is -1.09. The van der Waals surface area contributed by atoms with E-state index in [0.717, 1.165) is 29.5 Å². The minimum absolute atomic E-state index is 0.339. The molecule has 118 valence electrons. The van der Waals surface area contributed by atoms with Gasteiger partial charge in [-0.05, 0) is 44.6 Å². The van der Waals surface area contributed by atoms with Crippen molar-refractivity contribution in [2.24, 2.45) is 17.8 Å². The van der Waals surface area contributed by atoms with Crippen molar-refractivity contribution in [2.45, 2.75) is 59.6 Å². The quantitative estimate of drug-likeness (QED) is 0.891. The summed E-state index contributed by atoms with van der Waals surface area (Å²) in [6, 6.07) is 2.09. The fourth-order valence-corrected chi connectivity index (χ4v) is 3.41. The molecule has 1 aromatic heterocycles. The van der Waals surface area contributed by atoms with Gasteiger partial charge in [-0.2, -0.15) is 0 Å². The normalized spacial score (nSPS) is 26.1. The molecule has 0 aromatic carbocycles. The molecule has 1 fully saturated rings. The predicted molar refractivity (Wildman–Crippen MR) is 87.5 cm³/mol. The SMILES string of the molecule is CNCc1cnc(C)cc1OC1CC(C)CCC1C(C)C. The second-order valence-corrected chi connectivity index (χ2v) is 6.95. The fraction of sp³-hybridized carbons (Fsp3) is 0.722. The third-order valence-corrected chi connectivity index (χ3v) is 4.69. The maximum atomic E-state index is 6.48. The van der Waals surface area contributed by atoms with Gasteiger partial charge in [0.25, 0.3) is 0 Å². The van der Waals surface area contributed by atoms with Crippen molar-refractivity contribution in [1.29, 1.82) is 0 Å². The van der Waals surface area contributed by atoms with Crippen LogP contribution in [0.1, 0.15) is 51.3 Å². The molecule has 0 aliphatic heterocycles. The monoisotopic (exact) mass is 290 g/mol. The lowest BCUT2D eigenvalue weighted by molar-refractivity contribution is 0.0451. The van der Waals surface area contributed by atoms with Crippen molar-refractivity contribution in [1.82, 2.24) is 10.3 Å². The fourth-order valence-electron chi connectivity index (χ4n) is 3.41. The third kappa shape index (κ3) is 4.19. The van der Waals surface area contributed by atoms with Gasteiger partial charge in [-0.1, -0.05) is 27.2 Å². The molecule has 0 saturated heterocycles. The molecule has 3 atom stereocenters. The third-order valence-electron chi connectivity index (χ3n) is 4.69. The van der Waals surface area contributed by atoms with Crippen LogP contribution in [0.25, 0.3) is 0 Å². The second kappa shape index (κ2) is 7.26. The van der Waals surface area contributed by atoms with Crippen molar-refractivity contribution in [3.8, 4) is 5.75 Å². The number of hydrogen-bond acceptors (Lipinski definition) is 3. The van der Waals surface area contributed by atoms with Crippen LogP contribution in [0.2, 0.25) is 0 Å². The van der Waals surface area contributed by atoms with Crippen LogP contribution < -0.4 is 10.1 Å². The van der Waals surface area contributed by atoms with Gasteiger partial charge >= 0.3 is 0 Å². The van der Waals surface area contributed by atoms with Crippen LogP contribution in [-0.2, 0) is 6.54 Å². The van der Waals surface area contributed by atoms with E-state index in [1.165, 1.54) is 19.3 Å². The van der Waals surface area contributed by atoms with Crippen LogP contribution in [0.4, 0.5) is 0 Å². The Morgan fingerprint density at radius 1 is 1.38 bits per heavy atom. The molecule has 1 saturated carbocycles. The van der Waals surface area contributed by atoms with Gasteiger partial charge in [-0.25, -0.2) is 0 Å². The molecule has 0 radical (unpaired) electrons. The van der Waals surface area contributed by atoms with E-state index in [9.17, 15) is 0 Å². The molecule has 3 heteroatoms. The number of rotatable bonds is 5. The van der Waals surface area contributed by atoms with Gasteiger partial charge in [0, 0.05) is 30.1 Å². The summed E-state index contributed by atoms with van der Waals surface area (Å²) in [7, 11) is 1.96. The molecule has 3 nitrogen and oxygen atoms in total. The zero-order chi connectivity index (χ0) is 15.4. The van der Waals surface area contributed by atoms with Crippen molar-refractivity contribution in [3.63, 3.8) is 0 Å². The maximum Gasteiger partial charge on any atom is 0.127 e. The number of aryl methyl sites for hydroxylation is 1. The standard InChI is InChI=1S/C18H30N2O/c1-12(2)16-7-6-13(3)8-18(16)21-17-9-14(4)20-11-15(17)10-19-5/h9,11-13,16,18-19H,6-8,10H2,1-5H3. The Morgan fingerprint density at radius 2 is 2.14 bits per heavy atom. The minimum Gasteiger partial charge on any atom is -0.490 e. The molecule has 1 aliphatic rings. The zero-order valence-electron chi connectivity index (χ0n) is 14.1. The summed E-state index contributed by atoms with van der Waals surface area (Å²) in [6.45, 7) is 9.82. The summed E-state index contributed by atoms with van der Waals surface area (Å²) in [6.07, 6.45) is 6.07. The molecule has 0 bridgehead atoms. The minimum atomic E-state index is 0.339. The molecule has 1 heterocycles. The topological polar surface area (TPSA) is 34.2 Å². The van der Waals surface area contributed by atoms with E-state index in [-0.39, 0.29) is 0 Å². The van der Waals surface area contributed by atoms with E-state index in [1.54, 1.807) is 0 Å². The van der Waals surface area contributed by atoms with Crippen LogP contribution in [-0.4, -0.2) is 18.1 Å². The first-order valence-corrected chi connectivity index (χ1v) is 8.28. The maximum absolute atomic E-state index is 6.48. The molecular formula is C18H30N2O. The molecular weight excluding hydrogens is 260 g/mol. The lowest BCUT2D eigenvalue weighted by Gasteiger charge is -2.37. The molecule has 0 amide bonds. The summed E-state index contributed by atoms with van der Waals surface area (Å²) in [5, 5.41) is 3.20. The Morgan fingerprint density at radius 3 is 2.81 bits per heavy atom. The van der Waals surface area contributed by atoms with Gasteiger partial charge in [-0.3, -0.25) is 4.98 Å². The number of aromatic nitrogens is 1. The molecule has 21 heavy (non-hydrogen) atoms. The lowest BCUT2D eigenvalue weighted by atomic mass is 9.75. The Balaban J connectivity index is 2.19. The number of hydrogen-bond donors (Lipinski definition) is 1. The van der Waals surface area contributed by atoms with Crippen LogP contribution in [0.15, 0.2) is 12.3 Å². The molecule has 1 aromatic rings. The number of pyridine rings is 1. The van der Waals surface area contributed by atoms with Gasteiger partial charge < -0.3 is 10.1 Å². The van der Waals surface area contributed by atoms with Crippen LogP contribution in [0, 0.1) is 24.7 Å². The van der Waals surface area contributed by atoms with E-state index in [1.807, 2.05) is 20.2 Å². The second-order valence-electron chi connectivity index (χ2n) is 6.95. The predicted octanol–water partition coefficient (Wildman–Crippen LogP) is 3.95. The highest BCUT2D eigenvalue weighted by atomic mass is 16.5. The first kappa shape index (κ1) is 16.3. The molecule has 2 rings (SSSR count). The summed E-state index contributed by atoms with van der Waals surface area (Å²) in [5.74, 6) is 3.12. The first-order valence-electron chi connectivity index (χ1n) is 8.28. The number of ether oxygens (including phenoxy) is 1. The summed E-state index contributed by atoms with van der Waals surface area (Å²) in [4.78, 5) is 4.40. The molecule has 0 spiro atoms. The Bertz CT molecular complexity index is 459. The highest BCUT2D eigenvalue weighted by Crippen LogP contribution is 2.36. The average molecular weight is 290 g/mol. The van der Waals surface area contributed by atoms with E-state index >= 15 is 0 Å². The average Bonchev–Trinajstić information content (AvgIpc) is 2.42. The number of nitrogens with one attached hydrogen (secondary N) is 1. The van der Waals surface area contributed by atoms with Crippen molar-refractivity contribution in [3.05, 3.63) is 23.5 Å². The van der Waals surface area contributed by atoms with Gasteiger partial charge in [0.2, 0.25) is 0 Å². The highest BCUT2D eigenvalue weighted by Gasteiger charge is 2.32. The summed E-state index contributed by atoms with van der Waals surface area (Å²) in [5.41, 5.74) is 2.18.